The van der Waals surface area contributed by atoms with Gasteiger partial charge < -0.3 is 16.0 Å². The van der Waals surface area contributed by atoms with E-state index in [4.69, 9.17) is 5.73 Å². The summed E-state index contributed by atoms with van der Waals surface area (Å²) in [7, 11) is 0. The molecule has 0 aromatic heterocycles. The maximum atomic E-state index is 12.5. The van der Waals surface area contributed by atoms with Gasteiger partial charge in [0.05, 0.1) is 6.04 Å². The summed E-state index contributed by atoms with van der Waals surface area (Å²) in [5, 5.41) is 2.77. The molecule has 5 nitrogen and oxygen atoms in total. The number of hydrogen-bond donors (Lipinski definition) is 2. The molecule has 1 aromatic carbocycles. The van der Waals surface area contributed by atoms with Crippen LogP contribution in [0.2, 0.25) is 0 Å². The second-order valence-electron chi connectivity index (χ2n) is 5.60. The van der Waals surface area contributed by atoms with Crippen LogP contribution in [0.15, 0.2) is 30.3 Å². The van der Waals surface area contributed by atoms with Crippen molar-refractivity contribution in [3.8, 4) is 0 Å². The van der Waals surface area contributed by atoms with Crippen molar-refractivity contribution in [2.24, 2.45) is 5.73 Å². The normalized spacial score (nSPS) is 19.4. The van der Waals surface area contributed by atoms with Crippen LogP contribution in [-0.4, -0.2) is 41.4 Å². The van der Waals surface area contributed by atoms with E-state index in [0.717, 1.165) is 5.56 Å². The number of carbonyl (C=O) groups is 2. The summed E-state index contributed by atoms with van der Waals surface area (Å²) in [6.45, 7) is 4.47. The molecule has 1 heterocycles. The zero-order chi connectivity index (χ0) is 14.8. The fourth-order valence-corrected chi connectivity index (χ4v) is 2.44. The van der Waals surface area contributed by atoms with Crippen LogP contribution in [0.4, 0.5) is 0 Å². The first-order valence-electron chi connectivity index (χ1n) is 6.82. The Balaban J connectivity index is 2.08. The fourth-order valence-electron chi connectivity index (χ4n) is 2.44. The van der Waals surface area contributed by atoms with E-state index in [-0.39, 0.29) is 11.8 Å². The molecule has 5 heteroatoms. The zero-order valence-corrected chi connectivity index (χ0v) is 11.9. The highest BCUT2D eigenvalue weighted by Crippen LogP contribution is 2.19. The number of nitrogens with two attached hydrogens (primary N) is 1. The second-order valence-corrected chi connectivity index (χ2v) is 5.60. The van der Waals surface area contributed by atoms with E-state index in [1.165, 1.54) is 0 Å². The second kappa shape index (κ2) is 5.63. The van der Waals surface area contributed by atoms with Crippen LogP contribution in [0, 0.1) is 0 Å². The highest BCUT2D eigenvalue weighted by Gasteiger charge is 2.41. The minimum Gasteiger partial charge on any atom is -0.352 e. The quantitative estimate of drug-likeness (QED) is 0.832. The lowest BCUT2D eigenvalue weighted by atomic mass is 9.96. The molecule has 1 atom stereocenters. The van der Waals surface area contributed by atoms with Gasteiger partial charge in [-0.15, -0.1) is 0 Å². The third-order valence-corrected chi connectivity index (χ3v) is 3.73. The van der Waals surface area contributed by atoms with E-state index < -0.39 is 11.6 Å². The molecule has 1 aliphatic rings. The van der Waals surface area contributed by atoms with Gasteiger partial charge in [0.1, 0.15) is 5.54 Å². The van der Waals surface area contributed by atoms with Gasteiger partial charge in [0.2, 0.25) is 11.8 Å². The first-order chi connectivity index (χ1) is 9.43. The lowest BCUT2D eigenvalue weighted by Gasteiger charge is -2.42. The zero-order valence-electron chi connectivity index (χ0n) is 11.9. The standard InChI is InChI=1S/C15H21N3O2/c1-15(2)14(20)17-8-9-18(15)13(19)12(16)10-11-6-4-3-5-7-11/h3-7,12H,8-10,16H2,1-2H3,(H,17,20). The topological polar surface area (TPSA) is 75.4 Å². The Morgan fingerprint density at radius 2 is 2.05 bits per heavy atom. The maximum Gasteiger partial charge on any atom is 0.245 e. The van der Waals surface area contributed by atoms with E-state index in [0.29, 0.717) is 19.5 Å². The monoisotopic (exact) mass is 275 g/mol. The van der Waals surface area contributed by atoms with Crippen LogP contribution in [-0.2, 0) is 16.0 Å². The van der Waals surface area contributed by atoms with Crippen molar-refractivity contribution in [3.05, 3.63) is 35.9 Å². The molecular weight excluding hydrogens is 254 g/mol. The Morgan fingerprint density at radius 1 is 1.40 bits per heavy atom. The van der Waals surface area contributed by atoms with Gasteiger partial charge in [-0.1, -0.05) is 30.3 Å². The van der Waals surface area contributed by atoms with Gasteiger partial charge in [0.25, 0.3) is 0 Å². The Morgan fingerprint density at radius 3 is 2.70 bits per heavy atom. The van der Waals surface area contributed by atoms with Crippen molar-refractivity contribution < 1.29 is 9.59 Å². The molecule has 0 bridgehead atoms. The molecule has 0 radical (unpaired) electrons. The summed E-state index contributed by atoms with van der Waals surface area (Å²) in [5.74, 6) is -0.308. The first-order valence-corrected chi connectivity index (χ1v) is 6.82. The van der Waals surface area contributed by atoms with Gasteiger partial charge >= 0.3 is 0 Å². The van der Waals surface area contributed by atoms with Gasteiger partial charge in [-0.3, -0.25) is 9.59 Å². The van der Waals surface area contributed by atoms with E-state index in [1.807, 2.05) is 30.3 Å². The van der Waals surface area contributed by atoms with Gasteiger partial charge in [0, 0.05) is 13.1 Å². The molecule has 1 fully saturated rings. The van der Waals surface area contributed by atoms with Crippen LogP contribution >= 0.6 is 0 Å². The van der Waals surface area contributed by atoms with Crippen molar-refractivity contribution in [2.45, 2.75) is 31.8 Å². The molecule has 2 amide bonds. The predicted molar refractivity (Wildman–Crippen MR) is 76.9 cm³/mol. The van der Waals surface area contributed by atoms with Crippen LogP contribution in [0.25, 0.3) is 0 Å². The molecule has 3 N–H and O–H groups in total. The van der Waals surface area contributed by atoms with Gasteiger partial charge in [0.15, 0.2) is 0 Å². The minimum absolute atomic E-state index is 0.135. The maximum absolute atomic E-state index is 12.5. The Hall–Kier alpha value is -1.88. The summed E-state index contributed by atoms with van der Waals surface area (Å²) in [4.78, 5) is 25.9. The van der Waals surface area contributed by atoms with Crippen LogP contribution in [0.5, 0.6) is 0 Å². The molecule has 108 valence electrons. The third-order valence-electron chi connectivity index (χ3n) is 3.73. The van der Waals surface area contributed by atoms with Crippen LogP contribution in [0.3, 0.4) is 0 Å². The number of amides is 2. The first kappa shape index (κ1) is 14.5. The van der Waals surface area contributed by atoms with Gasteiger partial charge in [-0.25, -0.2) is 0 Å². The molecule has 1 aliphatic heterocycles. The summed E-state index contributed by atoms with van der Waals surface area (Å²) in [6.07, 6.45) is 0.480. The number of rotatable bonds is 3. The van der Waals surface area contributed by atoms with Crippen molar-refractivity contribution in [3.63, 3.8) is 0 Å². The molecule has 1 saturated heterocycles. The Labute approximate surface area is 119 Å². The summed E-state index contributed by atoms with van der Waals surface area (Å²) in [5.41, 5.74) is 6.20. The number of carbonyl (C=O) groups excluding carboxylic acids is 2. The van der Waals surface area contributed by atoms with Crippen LogP contribution < -0.4 is 11.1 Å². The highest BCUT2D eigenvalue weighted by atomic mass is 16.2. The molecule has 0 saturated carbocycles. The lowest BCUT2D eigenvalue weighted by Crippen LogP contribution is -2.65. The number of benzene rings is 1. The van der Waals surface area contributed by atoms with E-state index in [1.54, 1.807) is 18.7 Å². The van der Waals surface area contributed by atoms with Gasteiger partial charge in [-0.05, 0) is 25.8 Å². The van der Waals surface area contributed by atoms with Crippen molar-refractivity contribution in [1.82, 2.24) is 10.2 Å². The van der Waals surface area contributed by atoms with Crippen LogP contribution in [0.1, 0.15) is 19.4 Å². The average molecular weight is 275 g/mol. The number of nitrogens with zero attached hydrogens (tertiary/aromatic N) is 1. The van der Waals surface area contributed by atoms with E-state index >= 15 is 0 Å². The minimum atomic E-state index is -0.844. The van der Waals surface area contributed by atoms with E-state index in [9.17, 15) is 9.59 Å². The molecule has 20 heavy (non-hydrogen) atoms. The number of hydrogen-bond acceptors (Lipinski definition) is 3. The van der Waals surface area contributed by atoms with Gasteiger partial charge in [-0.2, -0.15) is 0 Å². The average Bonchev–Trinajstić information content (AvgIpc) is 2.42. The summed E-state index contributed by atoms with van der Waals surface area (Å²) in [6, 6.07) is 9.04. The molecule has 1 aromatic rings. The number of piperazine rings is 1. The molecule has 0 aliphatic carbocycles. The molecule has 2 rings (SSSR count). The van der Waals surface area contributed by atoms with Crippen molar-refractivity contribution in [2.75, 3.05) is 13.1 Å². The SMILES string of the molecule is CC1(C)C(=O)NCCN1C(=O)C(N)Cc1ccccc1. The van der Waals surface area contributed by atoms with E-state index in [2.05, 4.69) is 5.32 Å². The molecule has 1 unspecified atom stereocenters. The third kappa shape index (κ3) is 2.82. The largest absolute Gasteiger partial charge is 0.352 e. The van der Waals surface area contributed by atoms with Crippen molar-refractivity contribution in [1.29, 1.82) is 0 Å². The Bertz CT molecular complexity index is 499. The van der Waals surface area contributed by atoms with Crippen molar-refractivity contribution >= 4 is 11.8 Å². The predicted octanol–water partition coefficient (Wildman–Crippen LogP) is 0.293. The molecule has 0 spiro atoms. The highest BCUT2D eigenvalue weighted by molar-refractivity contribution is 5.93. The summed E-state index contributed by atoms with van der Waals surface area (Å²) < 4.78 is 0. The lowest BCUT2D eigenvalue weighted by molar-refractivity contribution is -0.150. The fraction of sp³-hybridized carbons (Fsp3) is 0.467. The summed E-state index contributed by atoms with van der Waals surface area (Å²) >= 11 is 0. The smallest absolute Gasteiger partial charge is 0.245 e. The Kier molecular flexibility index (Phi) is 4.09. The molecular formula is C15H21N3O2. The number of nitrogens with one attached hydrogen (secondary N) is 1.